The van der Waals surface area contributed by atoms with Gasteiger partial charge in [0, 0.05) is 23.5 Å². The molecule has 1 atom stereocenters. The fraction of sp³-hybridized carbons (Fsp3) is 0.357. The lowest BCUT2D eigenvalue weighted by molar-refractivity contribution is 0.193. The molecule has 0 saturated carbocycles. The number of nitrogens with zero attached hydrogens (tertiary/aromatic N) is 2. The Labute approximate surface area is 120 Å². The number of benzene rings is 1. The summed E-state index contributed by atoms with van der Waals surface area (Å²) in [6, 6.07) is 6.45. The second-order valence-electron chi connectivity index (χ2n) is 4.85. The van der Waals surface area contributed by atoms with Crippen molar-refractivity contribution in [2.75, 3.05) is 30.9 Å². The molecule has 0 radical (unpaired) electrons. The van der Waals surface area contributed by atoms with Crippen LogP contribution in [-0.4, -0.2) is 31.3 Å². The smallest absolute Gasteiger partial charge is 0.0745 e. The molecule has 100 valence electrons. The highest BCUT2D eigenvalue weighted by molar-refractivity contribution is 9.10. The number of nitrogens with two attached hydrogens (primary N) is 1. The third-order valence-corrected chi connectivity index (χ3v) is 4.13. The Hall–Kier alpha value is -1.33. The average molecular weight is 322 g/mol. The summed E-state index contributed by atoms with van der Waals surface area (Å²) in [4.78, 5) is 6.61. The standard InChI is InChI=1S/C14H16BrN3O/c1-18(10-4-5-19-8-10)14-11-6-9(15)2-3-13(11)17-7-12(14)16/h2-3,6-7,10H,4-5,8,16H2,1H3. The van der Waals surface area contributed by atoms with Crippen LogP contribution in [0.2, 0.25) is 0 Å². The first-order valence-corrected chi connectivity index (χ1v) is 7.10. The van der Waals surface area contributed by atoms with E-state index in [1.807, 2.05) is 12.1 Å². The minimum absolute atomic E-state index is 0.381. The van der Waals surface area contributed by atoms with Crippen molar-refractivity contribution in [2.24, 2.45) is 0 Å². The van der Waals surface area contributed by atoms with E-state index < -0.39 is 0 Å². The van der Waals surface area contributed by atoms with Gasteiger partial charge in [-0.15, -0.1) is 0 Å². The van der Waals surface area contributed by atoms with Crippen LogP contribution in [0.1, 0.15) is 6.42 Å². The topological polar surface area (TPSA) is 51.4 Å². The van der Waals surface area contributed by atoms with Gasteiger partial charge in [-0.2, -0.15) is 0 Å². The number of rotatable bonds is 2. The number of anilines is 2. The third kappa shape index (κ3) is 2.28. The number of halogens is 1. The van der Waals surface area contributed by atoms with E-state index in [0.717, 1.165) is 40.7 Å². The molecular formula is C14H16BrN3O. The number of aromatic nitrogens is 1. The number of likely N-dealkylation sites (N-methyl/N-ethyl adjacent to an activating group) is 1. The van der Waals surface area contributed by atoms with Crippen molar-refractivity contribution in [3.05, 3.63) is 28.9 Å². The first-order chi connectivity index (χ1) is 9.16. The lowest BCUT2D eigenvalue weighted by Gasteiger charge is -2.27. The van der Waals surface area contributed by atoms with Crippen LogP contribution in [0.5, 0.6) is 0 Å². The van der Waals surface area contributed by atoms with E-state index in [0.29, 0.717) is 11.7 Å². The van der Waals surface area contributed by atoms with Gasteiger partial charge in [0.1, 0.15) is 0 Å². The van der Waals surface area contributed by atoms with Crippen molar-refractivity contribution in [3.63, 3.8) is 0 Å². The number of ether oxygens (including phenoxy) is 1. The molecule has 1 fully saturated rings. The van der Waals surface area contributed by atoms with Crippen LogP contribution < -0.4 is 10.6 Å². The molecule has 1 saturated heterocycles. The van der Waals surface area contributed by atoms with E-state index in [1.165, 1.54) is 0 Å². The highest BCUT2D eigenvalue weighted by Crippen LogP contribution is 2.34. The van der Waals surface area contributed by atoms with Crippen LogP contribution in [-0.2, 0) is 4.74 Å². The van der Waals surface area contributed by atoms with Gasteiger partial charge in [-0.1, -0.05) is 15.9 Å². The molecule has 0 aliphatic carbocycles. The predicted octanol–water partition coefficient (Wildman–Crippen LogP) is 2.80. The third-order valence-electron chi connectivity index (χ3n) is 3.64. The molecule has 1 aromatic carbocycles. The Bertz CT molecular complexity index is 606. The van der Waals surface area contributed by atoms with Gasteiger partial charge in [0.05, 0.1) is 35.7 Å². The number of nitrogen functional groups attached to an aromatic ring is 1. The number of pyridine rings is 1. The summed E-state index contributed by atoms with van der Waals surface area (Å²) in [7, 11) is 2.07. The first kappa shape index (κ1) is 12.7. The van der Waals surface area contributed by atoms with Crippen molar-refractivity contribution in [1.29, 1.82) is 0 Å². The normalized spacial score (nSPS) is 18.9. The number of hydrogen-bond acceptors (Lipinski definition) is 4. The largest absolute Gasteiger partial charge is 0.396 e. The summed E-state index contributed by atoms with van der Waals surface area (Å²) in [5.41, 5.74) is 8.85. The molecule has 2 heterocycles. The Morgan fingerprint density at radius 2 is 2.32 bits per heavy atom. The molecule has 1 aromatic heterocycles. The lowest BCUT2D eigenvalue weighted by atomic mass is 10.1. The Kier molecular flexibility index (Phi) is 3.33. The van der Waals surface area contributed by atoms with E-state index in [-0.39, 0.29) is 0 Å². The van der Waals surface area contributed by atoms with E-state index in [9.17, 15) is 0 Å². The Balaban J connectivity index is 2.14. The van der Waals surface area contributed by atoms with Crippen molar-refractivity contribution in [1.82, 2.24) is 4.98 Å². The predicted molar refractivity (Wildman–Crippen MR) is 81.5 cm³/mol. The fourth-order valence-corrected chi connectivity index (χ4v) is 2.93. The number of fused-ring (bicyclic) bond motifs is 1. The first-order valence-electron chi connectivity index (χ1n) is 6.31. The van der Waals surface area contributed by atoms with Gasteiger partial charge in [0.2, 0.25) is 0 Å². The van der Waals surface area contributed by atoms with Crippen molar-refractivity contribution in [2.45, 2.75) is 12.5 Å². The second-order valence-corrected chi connectivity index (χ2v) is 5.77. The molecule has 0 bridgehead atoms. The minimum Gasteiger partial charge on any atom is -0.396 e. The summed E-state index contributed by atoms with van der Waals surface area (Å²) in [5.74, 6) is 0. The maximum Gasteiger partial charge on any atom is 0.0745 e. The molecule has 0 spiro atoms. The fourth-order valence-electron chi connectivity index (χ4n) is 2.57. The molecular weight excluding hydrogens is 306 g/mol. The molecule has 2 N–H and O–H groups in total. The summed E-state index contributed by atoms with van der Waals surface area (Å²) >= 11 is 3.51. The molecule has 1 aliphatic rings. The average Bonchev–Trinajstić information content (AvgIpc) is 2.91. The molecule has 3 rings (SSSR count). The minimum atomic E-state index is 0.381. The SMILES string of the molecule is CN(c1c(N)cnc2ccc(Br)cc12)C1CCOC1. The second kappa shape index (κ2) is 4.98. The van der Waals surface area contributed by atoms with Crippen molar-refractivity contribution >= 4 is 38.2 Å². The molecule has 1 aliphatic heterocycles. The van der Waals surface area contributed by atoms with Gasteiger partial charge in [-0.25, -0.2) is 0 Å². The van der Waals surface area contributed by atoms with Crippen molar-refractivity contribution in [3.8, 4) is 0 Å². The number of hydrogen-bond donors (Lipinski definition) is 1. The van der Waals surface area contributed by atoms with Gasteiger partial charge in [-0.05, 0) is 24.6 Å². The zero-order valence-corrected chi connectivity index (χ0v) is 12.4. The highest BCUT2D eigenvalue weighted by atomic mass is 79.9. The molecule has 4 nitrogen and oxygen atoms in total. The highest BCUT2D eigenvalue weighted by Gasteiger charge is 2.23. The van der Waals surface area contributed by atoms with Gasteiger partial charge < -0.3 is 15.4 Å². The molecule has 19 heavy (non-hydrogen) atoms. The molecule has 1 unspecified atom stereocenters. The Morgan fingerprint density at radius 1 is 1.47 bits per heavy atom. The summed E-state index contributed by atoms with van der Waals surface area (Å²) < 4.78 is 6.50. The van der Waals surface area contributed by atoms with Gasteiger partial charge in [-0.3, -0.25) is 4.98 Å². The van der Waals surface area contributed by atoms with Crippen molar-refractivity contribution < 1.29 is 4.74 Å². The monoisotopic (exact) mass is 321 g/mol. The zero-order valence-electron chi connectivity index (χ0n) is 10.8. The lowest BCUT2D eigenvalue weighted by Crippen LogP contribution is -2.32. The van der Waals surface area contributed by atoms with E-state index in [1.54, 1.807) is 6.20 Å². The van der Waals surface area contributed by atoms with E-state index in [4.69, 9.17) is 10.5 Å². The van der Waals surface area contributed by atoms with E-state index in [2.05, 4.69) is 38.9 Å². The zero-order chi connectivity index (χ0) is 13.4. The van der Waals surface area contributed by atoms with Crippen LogP contribution in [0.3, 0.4) is 0 Å². The van der Waals surface area contributed by atoms with Gasteiger partial charge >= 0.3 is 0 Å². The van der Waals surface area contributed by atoms with E-state index >= 15 is 0 Å². The summed E-state index contributed by atoms with van der Waals surface area (Å²) in [6.45, 7) is 1.58. The van der Waals surface area contributed by atoms with Crippen LogP contribution >= 0.6 is 15.9 Å². The molecule has 0 amide bonds. The van der Waals surface area contributed by atoms with Crippen LogP contribution in [0.25, 0.3) is 10.9 Å². The van der Waals surface area contributed by atoms with Gasteiger partial charge in [0.15, 0.2) is 0 Å². The molecule has 5 heteroatoms. The van der Waals surface area contributed by atoms with Crippen LogP contribution in [0.4, 0.5) is 11.4 Å². The molecule has 2 aromatic rings. The van der Waals surface area contributed by atoms with Crippen LogP contribution in [0, 0.1) is 0 Å². The maximum atomic E-state index is 6.14. The quantitative estimate of drug-likeness (QED) is 0.924. The van der Waals surface area contributed by atoms with Crippen LogP contribution in [0.15, 0.2) is 28.9 Å². The summed E-state index contributed by atoms with van der Waals surface area (Å²) in [5, 5.41) is 1.07. The summed E-state index contributed by atoms with van der Waals surface area (Å²) in [6.07, 6.45) is 2.77. The Morgan fingerprint density at radius 3 is 3.05 bits per heavy atom. The maximum absolute atomic E-state index is 6.14. The van der Waals surface area contributed by atoms with Gasteiger partial charge in [0.25, 0.3) is 0 Å².